The van der Waals surface area contributed by atoms with E-state index in [1.54, 1.807) is 58.0 Å². The number of benzene rings is 1. The fourth-order valence-corrected chi connectivity index (χ4v) is 8.72. The van der Waals surface area contributed by atoms with E-state index < -0.39 is 28.7 Å². The fraction of sp³-hybridized carbons (Fsp3) is 0.552. The number of carbonyl (C=O) groups excluding carboxylic acids is 3. The van der Waals surface area contributed by atoms with Crippen molar-refractivity contribution >= 4 is 46.8 Å². The van der Waals surface area contributed by atoms with Crippen molar-refractivity contribution in [1.82, 2.24) is 4.90 Å². The Kier molecular flexibility index (Phi) is 8.95. The van der Waals surface area contributed by atoms with E-state index >= 15 is 0 Å². The predicted molar refractivity (Wildman–Crippen MR) is 151 cm³/mol. The maximum absolute atomic E-state index is 14.5. The summed E-state index contributed by atoms with van der Waals surface area (Å²) in [5, 5.41) is 10.9. The molecule has 1 N–H and O–H groups in total. The zero-order chi connectivity index (χ0) is 27.6. The first-order valence-corrected chi connectivity index (χ1v) is 14.5. The third kappa shape index (κ3) is 5.03. The van der Waals surface area contributed by atoms with Gasteiger partial charge in [-0.15, -0.1) is 24.9 Å². The highest BCUT2D eigenvalue weighted by Crippen LogP contribution is 2.67. The van der Waals surface area contributed by atoms with E-state index in [4.69, 9.17) is 16.3 Å². The Hall–Kier alpha value is -2.29. The quantitative estimate of drug-likeness (QED) is 0.230. The second-order valence-corrected chi connectivity index (χ2v) is 12.8. The molecule has 1 aromatic rings. The number of hydrogen-bond acceptors (Lipinski definition) is 6. The number of nitrogens with zero attached hydrogens (tertiary/aromatic N) is 2. The molecule has 2 amide bonds. The first kappa shape index (κ1) is 28.7. The molecule has 3 heterocycles. The number of ether oxygens (including phenoxy) is 1. The molecule has 0 saturated carbocycles. The number of rotatable bonds is 12. The molecule has 4 rings (SSSR count). The highest BCUT2D eigenvalue weighted by molar-refractivity contribution is 8.02. The number of hydrogen-bond donors (Lipinski definition) is 1. The summed E-state index contributed by atoms with van der Waals surface area (Å²) in [6.07, 6.45) is 5.78. The van der Waals surface area contributed by atoms with E-state index in [2.05, 4.69) is 13.2 Å². The highest BCUT2D eigenvalue weighted by atomic mass is 35.5. The average molecular weight is 561 g/mol. The SMILES string of the molecule is C=CCCOC(=O)[C@@H]1[C@@H]2CCC3(S2)C(C(=O)N(CC=C)c2ccc(Cl)cc2)N([C@@H](CO)CC(C)C)C(=O)[C@H]13. The van der Waals surface area contributed by atoms with E-state index in [-0.39, 0.29) is 48.7 Å². The summed E-state index contributed by atoms with van der Waals surface area (Å²) in [5.74, 6) is -1.96. The molecule has 0 aromatic heterocycles. The molecule has 0 radical (unpaired) electrons. The summed E-state index contributed by atoms with van der Waals surface area (Å²) in [7, 11) is 0. The van der Waals surface area contributed by atoms with Crippen LogP contribution in [0.25, 0.3) is 0 Å². The number of likely N-dealkylation sites (tertiary alicyclic amines) is 1. The van der Waals surface area contributed by atoms with Crippen LogP contribution < -0.4 is 4.90 Å². The lowest BCUT2D eigenvalue weighted by Crippen LogP contribution is -2.57. The standard InChI is InChI=1S/C29H37ClN2O5S/c1-5-7-15-37-28(36)23-22-12-13-29(38-22)24(23)26(34)32(21(17-33)16-18(3)4)25(29)27(35)31(14-6-2)20-10-8-19(30)9-11-20/h5-6,8-11,18,21-25,33H,1-2,7,12-17H2,3-4H3/t21-,22+,23-,24+,25?,29?/m1/s1. The van der Waals surface area contributed by atoms with Gasteiger partial charge in [-0.2, -0.15) is 0 Å². The van der Waals surface area contributed by atoms with E-state index in [9.17, 15) is 19.5 Å². The van der Waals surface area contributed by atoms with Crippen molar-refractivity contribution in [3.05, 3.63) is 54.6 Å². The minimum absolute atomic E-state index is 0.0845. The van der Waals surface area contributed by atoms with Crippen LogP contribution in [0.1, 0.15) is 39.5 Å². The van der Waals surface area contributed by atoms with Gasteiger partial charge >= 0.3 is 5.97 Å². The fourth-order valence-electron chi connectivity index (χ4n) is 6.41. The average Bonchev–Trinajstić information content (AvgIpc) is 3.53. The number of anilines is 1. The van der Waals surface area contributed by atoms with Crippen molar-refractivity contribution in [2.24, 2.45) is 17.8 Å². The van der Waals surface area contributed by atoms with Gasteiger partial charge in [-0.1, -0.05) is 37.6 Å². The third-order valence-corrected chi connectivity index (χ3v) is 10.1. The van der Waals surface area contributed by atoms with Gasteiger partial charge in [0.1, 0.15) is 6.04 Å². The van der Waals surface area contributed by atoms with Gasteiger partial charge in [-0.05, 0) is 55.9 Å². The van der Waals surface area contributed by atoms with Crippen molar-refractivity contribution in [3.8, 4) is 0 Å². The number of halogens is 1. The Balaban J connectivity index is 1.78. The number of thioether (sulfide) groups is 1. The van der Waals surface area contributed by atoms with Crippen LogP contribution >= 0.6 is 23.4 Å². The molecule has 1 spiro atoms. The van der Waals surface area contributed by atoms with E-state index in [1.165, 1.54) is 0 Å². The minimum atomic E-state index is -0.826. The van der Waals surface area contributed by atoms with Gasteiger partial charge in [0.15, 0.2) is 0 Å². The van der Waals surface area contributed by atoms with Crippen molar-refractivity contribution in [3.63, 3.8) is 0 Å². The molecule has 6 atom stereocenters. The largest absolute Gasteiger partial charge is 0.465 e. The smallest absolute Gasteiger partial charge is 0.310 e. The van der Waals surface area contributed by atoms with Crippen LogP contribution in [0.2, 0.25) is 5.02 Å². The molecule has 3 fully saturated rings. The van der Waals surface area contributed by atoms with E-state index in [1.807, 2.05) is 13.8 Å². The molecule has 0 aliphatic carbocycles. The van der Waals surface area contributed by atoms with Crippen LogP contribution in [-0.2, 0) is 19.1 Å². The topological polar surface area (TPSA) is 87.2 Å². The lowest BCUT2D eigenvalue weighted by Gasteiger charge is -2.40. The molecule has 206 valence electrons. The van der Waals surface area contributed by atoms with E-state index in [0.717, 1.165) is 6.42 Å². The summed E-state index contributed by atoms with van der Waals surface area (Å²) in [6, 6.07) is 5.63. The molecular weight excluding hydrogens is 524 g/mol. The number of aliphatic hydroxyl groups excluding tert-OH is 1. The number of fused-ring (bicyclic) bond motifs is 1. The molecule has 3 aliphatic heterocycles. The predicted octanol–water partition coefficient (Wildman–Crippen LogP) is 4.48. The van der Waals surface area contributed by atoms with Crippen molar-refractivity contribution in [2.75, 3.05) is 24.7 Å². The van der Waals surface area contributed by atoms with Gasteiger partial charge in [-0.3, -0.25) is 14.4 Å². The van der Waals surface area contributed by atoms with E-state index in [0.29, 0.717) is 30.0 Å². The second-order valence-electron chi connectivity index (χ2n) is 10.7. The van der Waals surface area contributed by atoms with Crippen molar-refractivity contribution in [2.45, 2.75) is 61.6 Å². The van der Waals surface area contributed by atoms with Gasteiger partial charge in [0.05, 0.1) is 35.8 Å². The van der Waals surface area contributed by atoms with Gasteiger partial charge in [-0.25, -0.2) is 0 Å². The zero-order valence-electron chi connectivity index (χ0n) is 22.1. The minimum Gasteiger partial charge on any atom is -0.465 e. The van der Waals surface area contributed by atoms with Crippen molar-refractivity contribution < 1.29 is 24.2 Å². The lowest BCUT2D eigenvalue weighted by molar-refractivity contribution is -0.154. The van der Waals surface area contributed by atoms with Crippen LogP contribution in [0.5, 0.6) is 0 Å². The van der Waals surface area contributed by atoms with Crippen LogP contribution in [0, 0.1) is 17.8 Å². The highest BCUT2D eigenvalue weighted by Gasteiger charge is 2.74. The van der Waals surface area contributed by atoms with Crippen molar-refractivity contribution in [1.29, 1.82) is 0 Å². The van der Waals surface area contributed by atoms with Crippen LogP contribution in [-0.4, -0.2) is 69.6 Å². The number of amides is 2. The van der Waals surface area contributed by atoms with Crippen LogP contribution in [0.4, 0.5) is 5.69 Å². The molecule has 7 nitrogen and oxygen atoms in total. The maximum atomic E-state index is 14.5. The molecule has 2 bridgehead atoms. The summed E-state index contributed by atoms with van der Waals surface area (Å²) in [6.45, 7) is 11.8. The molecular formula is C29H37ClN2O5S. The second kappa shape index (κ2) is 11.8. The monoisotopic (exact) mass is 560 g/mol. The molecule has 2 unspecified atom stereocenters. The third-order valence-electron chi connectivity index (χ3n) is 7.87. The van der Waals surface area contributed by atoms with Gasteiger partial charge < -0.3 is 19.6 Å². The Morgan fingerprint density at radius 3 is 2.61 bits per heavy atom. The van der Waals surface area contributed by atoms with Gasteiger partial charge in [0.25, 0.3) is 5.91 Å². The summed E-state index contributed by atoms with van der Waals surface area (Å²) in [4.78, 5) is 45.3. The Bertz CT molecular complexity index is 1080. The van der Waals surface area contributed by atoms with Gasteiger partial charge in [0, 0.05) is 22.5 Å². The molecule has 3 aliphatic rings. The Labute approximate surface area is 234 Å². The molecule has 3 saturated heterocycles. The summed E-state index contributed by atoms with van der Waals surface area (Å²) in [5.41, 5.74) is 0.647. The maximum Gasteiger partial charge on any atom is 0.310 e. The number of carbonyl (C=O) groups is 3. The molecule has 1 aromatic carbocycles. The Morgan fingerprint density at radius 1 is 1.29 bits per heavy atom. The lowest BCUT2D eigenvalue weighted by atomic mass is 9.71. The normalized spacial score (nSPS) is 28.3. The van der Waals surface area contributed by atoms with Crippen LogP contribution in [0.3, 0.4) is 0 Å². The number of esters is 1. The zero-order valence-corrected chi connectivity index (χ0v) is 23.6. The number of aliphatic hydroxyl groups is 1. The molecule has 9 heteroatoms. The first-order valence-electron chi connectivity index (χ1n) is 13.3. The van der Waals surface area contributed by atoms with Crippen LogP contribution in [0.15, 0.2) is 49.6 Å². The van der Waals surface area contributed by atoms with Gasteiger partial charge in [0.2, 0.25) is 5.91 Å². The summed E-state index contributed by atoms with van der Waals surface area (Å²) >= 11 is 7.70. The Morgan fingerprint density at radius 2 is 2.00 bits per heavy atom. The molecule has 38 heavy (non-hydrogen) atoms. The first-order chi connectivity index (χ1) is 18.2. The summed E-state index contributed by atoms with van der Waals surface area (Å²) < 4.78 is 4.79.